The second kappa shape index (κ2) is 9.77. The summed E-state index contributed by atoms with van der Waals surface area (Å²) in [6, 6.07) is 11.9. The van der Waals surface area contributed by atoms with Crippen molar-refractivity contribution in [3.63, 3.8) is 0 Å². The molecule has 1 fully saturated rings. The van der Waals surface area contributed by atoms with Crippen LogP contribution in [0.4, 0.5) is 24.7 Å². The van der Waals surface area contributed by atoms with Gasteiger partial charge in [0.15, 0.2) is 5.83 Å². The molecule has 12 heteroatoms. The Morgan fingerprint density at radius 3 is 2.50 bits per heavy atom. The number of nitrogens with two attached hydrogens (primary N) is 1. The summed E-state index contributed by atoms with van der Waals surface area (Å²) in [4.78, 5) is 31.7. The highest BCUT2D eigenvalue weighted by molar-refractivity contribution is 6.11. The Morgan fingerprint density at radius 2 is 1.90 bits per heavy atom. The van der Waals surface area contributed by atoms with Crippen LogP contribution >= 0.6 is 0 Å². The molecule has 1 aliphatic rings. The summed E-state index contributed by atoms with van der Waals surface area (Å²) in [6.45, 7) is 2.97. The number of aromatic amines is 1. The van der Waals surface area contributed by atoms with Crippen molar-refractivity contribution in [2.24, 2.45) is 0 Å². The summed E-state index contributed by atoms with van der Waals surface area (Å²) in [6.07, 6.45) is 0.919. The van der Waals surface area contributed by atoms with E-state index >= 15 is 0 Å². The Labute approximate surface area is 225 Å². The lowest BCUT2D eigenvalue weighted by Crippen LogP contribution is -2.29. The third-order valence-corrected chi connectivity index (χ3v) is 6.52. The lowest BCUT2D eigenvalue weighted by Gasteiger charge is -2.13. The van der Waals surface area contributed by atoms with Crippen LogP contribution in [0.15, 0.2) is 61.1 Å². The van der Waals surface area contributed by atoms with Gasteiger partial charge >= 0.3 is 0 Å². The average molecular weight is 547 g/mol. The van der Waals surface area contributed by atoms with E-state index in [4.69, 9.17) is 10.5 Å². The number of rotatable bonds is 7. The molecule has 0 spiro atoms. The second-order valence-electron chi connectivity index (χ2n) is 9.14. The number of H-pyrrole nitrogens is 1. The second-order valence-corrected chi connectivity index (χ2v) is 9.14. The number of nitrogens with zero attached hydrogens (tertiary/aromatic N) is 2. The predicted molar refractivity (Wildman–Crippen MR) is 142 cm³/mol. The van der Waals surface area contributed by atoms with E-state index in [9.17, 15) is 28.0 Å². The largest absolute Gasteiger partial charge is 0.496 e. The van der Waals surface area contributed by atoms with E-state index in [1.165, 1.54) is 19.4 Å². The van der Waals surface area contributed by atoms with Crippen LogP contribution in [0.1, 0.15) is 22.3 Å². The quantitative estimate of drug-likeness (QED) is 0.242. The molecule has 1 atom stereocenters. The molecule has 0 radical (unpaired) electrons. The van der Waals surface area contributed by atoms with Crippen molar-refractivity contribution in [1.82, 2.24) is 15.3 Å². The number of fused-ring (bicyclic) bond motifs is 1. The SMILES string of the molecule is C=C(F)C(=O)Nc1ccc(-c2[nH]c3c(C#N)cnc(N)c3c2-c2ccc(C(=O)NC3CC3(F)F)c(OC)c2)cc1. The number of nitriles is 1. The zero-order valence-electron chi connectivity index (χ0n) is 20.9. The van der Waals surface area contributed by atoms with Gasteiger partial charge in [0.25, 0.3) is 17.7 Å². The lowest BCUT2D eigenvalue weighted by atomic mass is 9.96. The van der Waals surface area contributed by atoms with Crippen LogP contribution in [0.25, 0.3) is 33.3 Å². The van der Waals surface area contributed by atoms with Crippen LogP contribution < -0.4 is 21.1 Å². The summed E-state index contributed by atoms with van der Waals surface area (Å²) in [5, 5.41) is 14.8. The highest BCUT2D eigenvalue weighted by atomic mass is 19.3. The molecule has 0 bridgehead atoms. The minimum atomic E-state index is -2.93. The number of benzene rings is 2. The molecular weight excluding hydrogens is 525 g/mol. The maximum Gasteiger partial charge on any atom is 0.283 e. The maximum absolute atomic E-state index is 13.3. The Bertz CT molecular complexity index is 1740. The number of amides is 2. The minimum absolute atomic E-state index is 0.0636. The predicted octanol–water partition coefficient (Wildman–Crippen LogP) is 4.92. The first-order valence-corrected chi connectivity index (χ1v) is 11.9. The van der Waals surface area contributed by atoms with Crippen molar-refractivity contribution in [2.45, 2.75) is 18.4 Å². The van der Waals surface area contributed by atoms with E-state index in [0.29, 0.717) is 39.0 Å². The van der Waals surface area contributed by atoms with Gasteiger partial charge in [-0.3, -0.25) is 9.59 Å². The molecule has 0 saturated heterocycles. The number of hydrogen-bond donors (Lipinski definition) is 4. The average Bonchev–Trinajstić information content (AvgIpc) is 3.34. The van der Waals surface area contributed by atoms with Gasteiger partial charge in [-0.1, -0.05) is 24.8 Å². The maximum atomic E-state index is 13.3. The van der Waals surface area contributed by atoms with E-state index in [-0.39, 0.29) is 22.7 Å². The summed E-state index contributed by atoms with van der Waals surface area (Å²) < 4.78 is 45.2. The number of alkyl halides is 2. The van der Waals surface area contributed by atoms with Gasteiger partial charge < -0.3 is 26.1 Å². The summed E-state index contributed by atoms with van der Waals surface area (Å²) in [7, 11) is 1.35. The number of ether oxygens (including phenoxy) is 1. The van der Waals surface area contributed by atoms with E-state index < -0.39 is 36.0 Å². The zero-order chi connectivity index (χ0) is 28.8. The molecule has 0 aliphatic heterocycles. The molecular formula is C28H21F3N6O3. The fourth-order valence-electron chi connectivity index (χ4n) is 4.37. The molecule has 5 N–H and O–H groups in total. The monoisotopic (exact) mass is 546 g/mol. The van der Waals surface area contributed by atoms with Crippen LogP contribution in [0.5, 0.6) is 5.75 Å². The number of anilines is 2. The van der Waals surface area contributed by atoms with E-state index in [2.05, 4.69) is 33.2 Å². The molecule has 1 unspecified atom stereocenters. The van der Waals surface area contributed by atoms with Crippen LogP contribution in [-0.2, 0) is 4.79 Å². The standard InChI is InChI=1S/C28H21F3N6O3/c1-13(29)26(38)35-17-6-3-14(4-7-17)23-21(22-24(37-23)16(11-32)12-34-25(22)33)15-5-8-18(19(9-15)40-2)27(39)36-20-10-28(20,30)31/h3-9,12,20,37H,1,10H2,2H3,(H2,33,34)(H,35,38)(H,36,39). The van der Waals surface area contributed by atoms with Crippen molar-refractivity contribution < 1.29 is 27.5 Å². The lowest BCUT2D eigenvalue weighted by molar-refractivity contribution is -0.114. The molecule has 5 rings (SSSR count). The fraction of sp³-hybridized carbons (Fsp3) is 0.143. The highest BCUT2D eigenvalue weighted by Gasteiger charge is 2.58. The van der Waals surface area contributed by atoms with Gasteiger partial charge in [-0.05, 0) is 35.4 Å². The van der Waals surface area contributed by atoms with Crippen molar-refractivity contribution >= 4 is 34.2 Å². The van der Waals surface area contributed by atoms with Gasteiger partial charge in [0.05, 0.1) is 40.9 Å². The normalized spacial score (nSPS) is 15.2. The highest BCUT2D eigenvalue weighted by Crippen LogP contribution is 2.44. The van der Waals surface area contributed by atoms with Crippen LogP contribution in [0.3, 0.4) is 0 Å². The molecule has 9 nitrogen and oxygen atoms in total. The summed E-state index contributed by atoms with van der Waals surface area (Å²) in [5.74, 6) is -5.47. The van der Waals surface area contributed by atoms with Crippen molar-refractivity contribution in [1.29, 1.82) is 5.26 Å². The number of nitrogens with one attached hydrogen (secondary N) is 3. The Balaban J connectivity index is 1.62. The topological polar surface area (TPSA) is 146 Å². The van der Waals surface area contributed by atoms with Gasteiger partial charge in [-0.2, -0.15) is 5.26 Å². The van der Waals surface area contributed by atoms with Crippen LogP contribution in [-0.4, -0.2) is 40.9 Å². The molecule has 2 aromatic carbocycles. The third-order valence-electron chi connectivity index (χ3n) is 6.52. The number of methoxy groups -OCH3 is 1. The van der Waals surface area contributed by atoms with Gasteiger partial charge in [0, 0.05) is 23.9 Å². The number of halogens is 3. The summed E-state index contributed by atoms with van der Waals surface area (Å²) >= 11 is 0. The van der Waals surface area contributed by atoms with Crippen LogP contribution in [0.2, 0.25) is 0 Å². The molecule has 4 aromatic rings. The minimum Gasteiger partial charge on any atom is -0.496 e. The van der Waals surface area contributed by atoms with E-state index in [0.717, 1.165) is 0 Å². The first-order valence-electron chi connectivity index (χ1n) is 11.9. The number of carbonyl (C=O) groups is 2. The Kier molecular flexibility index (Phi) is 6.43. The zero-order valence-corrected chi connectivity index (χ0v) is 20.9. The molecule has 2 amide bonds. The number of hydrogen-bond acceptors (Lipinski definition) is 6. The van der Waals surface area contributed by atoms with Gasteiger partial charge in [-0.15, -0.1) is 0 Å². The van der Waals surface area contributed by atoms with Gasteiger partial charge in [0.1, 0.15) is 17.6 Å². The van der Waals surface area contributed by atoms with Gasteiger partial charge in [0.2, 0.25) is 0 Å². The fourth-order valence-corrected chi connectivity index (χ4v) is 4.37. The van der Waals surface area contributed by atoms with Crippen molar-refractivity contribution in [3.05, 3.63) is 72.2 Å². The van der Waals surface area contributed by atoms with E-state index in [1.807, 2.05) is 0 Å². The smallest absolute Gasteiger partial charge is 0.283 e. The first-order chi connectivity index (χ1) is 19.0. The molecule has 1 saturated carbocycles. The molecule has 202 valence electrons. The van der Waals surface area contributed by atoms with Crippen molar-refractivity contribution in [2.75, 3.05) is 18.2 Å². The van der Waals surface area contributed by atoms with Crippen molar-refractivity contribution in [3.8, 4) is 34.2 Å². The summed E-state index contributed by atoms with van der Waals surface area (Å²) in [5.41, 5.74) is 9.49. The first kappa shape index (κ1) is 26.3. The number of aromatic nitrogens is 2. The third kappa shape index (κ3) is 4.69. The molecule has 2 aromatic heterocycles. The van der Waals surface area contributed by atoms with Crippen LogP contribution in [0, 0.1) is 11.3 Å². The molecule has 40 heavy (non-hydrogen) atoms. The Hall–Kier alpha value is -5.31. The number of pyridine rings is 1. The molecule has 2 heterocycles. The number of carbonyl (C=O) groups excluding carboxylic acids is 2. The molecule has 1 aliphatic carbocycles. The number of nitrogen functional groups attached to an aromatic ring is 1. The Morgan fingerprint density at radius 1 is 1.23 bits per heavy atom. The van der Waals surface area contributed by atoms with Gasteiger partial charge in [-0.25, -0.2) is 18.2 Å². The van der Waals surface area contributed by atoms with E-state index in [1.54, 1.807) is 36.4 Å².